The molecule has 0 saturated heterocycles. The molecule has 3 aromatic carbocycles. The molecule has 8 heteroatoms. The van der Waals surface area contributed by atoms with Gasteiger partial charge in [0.05, 0.1) is 17.0 Å². The SMILES string of the molecule is CS(=O)(=O)c1cccc(-c2cnc(NCCOc3ccccc3)c(C(=O)NCCc3ccccc3)c2)c1. The van der Waals surface area contributed by atoms with Gasteiger partial charge in [-0.25, -0.2) is 13.4 Å². The van der Waals surface area contributed by atoms with Gasteiger partial charge in [0.15, 0.2) is 9.84 Å². The first-order valence-corrected chi connectivity index (χ1v) is 13.8. The number of nitrogens with one attached hydrogen (secondary N) is 2. The fourth-order valence-electron chi connectivity index (χ4n) is 3.76. The van der Waals surface area contributed by atoms with Crippen LogP contribution in [-0.2, 0) is 16.3 Å². The molecule has 0 saturated carbocycles. The van der Waals surface area contributed by atoms with Gasteiger partial charge in [0, 0.05) is 24.6 Å². The molecule has 0 unspecified atom stereocenters. The molecule has 4 rings (SSSR count). The summed E-state index contributed by atoms with van der Waals surface area (Å²) >= 11 is 0. The van der Waals surface area contributed by atoms with Gasteiger partial charge in [-0.1, -0.05) is 60.7 Å². The zero-order chi connectivity index (χ0) is 26.1. The van der Waals surface area contributed by atoms with E-state index in [0.29, 0.717) is 48.6 Å². The highest BCUT2D eigenvalue weighted by atomic mass is 32.2. The van der Waals surface area contributed by atoms with Crippen molar-refractivity contribution in [2.24, 2.45) is 0 Å². The second-order valence-corrected chi connectivity index (χ2v) is 10.5. The molecular formula is C29H29N3O4S. The van der Waals surface area contributed by atoms with Crippen LogP contribution >= 0.6 is 0 Å². The van der Waals surface area contributed by atoms with Gasteiger partial charge in [0.1, 0.15) is 18.2 Å². The van der Waals surface area contributed by atoms with Gasteiger partial charge in [0.25, 0.3) is 5.91 Å². The highest BCUT2D eigenvalue weighted by Gasteiger charge is 2.16. The van der Waals surface area contributed by atoms with E-state index in [0.717, 1.165) is 11.3 Å². The van der Waals surface area contributed by atoms with Crippen molar-refractivity contribution in [3.8, 4) is 16.9 Å². The number of nitrogens with zero attached hydrogens (tertiary/aromatic N) is 1. The fraction of sp³-hybridized carbons (Fsp3) is 0.172. The lowest BCUT2D eigenvalue weighted by Crippen LogP contribution is -2.27. The molecule has 0 bridgehead atoms. The Kier molecular flexibility index (Phi) is 8.53. The van der Waals surface area contributed by atoms with E-state index in [9.17, 15) is 13.2 Å². The number of carbonyl (C=O) groups is 1. The quantitative estimate of drug-likeness (QED) is 0.283. The lowest BCUT2D eigenvalue weighted by atomic mass is 10.0. The van der Waals surface area contributed by atoms with Crippen LogP contribution in [0.15, 0.2) is 102 Å². The number of amides is 1. The van der Waals surface area contributed by atoms with E-state index in [2.05, 4.69) is 15.6 Å². The second kappa shape index (κ2) is 12.2. The molecule has 0 aliphatic rings. The Hall–Kier alpha value is -4.17. The fourth-order valence-corrected chi connectivity index (χ4v) is 4.42. The van der Waals surface area contributed by atoms with Crippen LogP contribution in [0.4, 0.5) is 5.82 Å². The molecule has 190 valence electrons. The lowest BCUT2D eigenvalue weighted by molar-refractivity contribution is 0.0954. The van der Waals surface area contributed by atoms with Gasteiger partial charge in [0.2, 0.25) is 0 Å². The third kappa shape index (κ3) is 7.41. The summed E-state index contributed by atoms with van der Waals surface area (Å²) in [6, 6.07) is 27.7. The monoisotopic (exact) mass is 515 g/mol. The van der Waals surface area contributed by atoms with E-state index < -0.39 is 9.84 Å². The normalized spacial score (nSPS) is 11.1. The van der Waals surface area contributed by atoms with Crippen LogP contribution in [0, 0.1) is 0 Å². The van der Waals surface area contributed by atoms with Crippen molar-refractivity contribution in [1.29, 1.82) is 0 Å². The molecular weight excluding hydrogens is 486 g/mol. The Balaban J connectivity index is 1.52. The van der Waals surface area contributed by atoms with Gasteiger partial charge < -0.3 is 15.4 Å². The molecule has 1 amide bonds. The molecule has 1 aromatic heterocycles. The van der Waals surface area contributed by atoms with Crippen molar-refractivity contribution in [2.45, 2.75) is 11.3 Å². The summed E-state index contributed by atoms with van der Waals surface area (Å²) in [6.07, 6.45) is 3.49. The van der Waals surface area contributed by atoms with Crippen molar-refractivity contribution < 1.29 is 17.9 Å². The summed E-state index contributed by atoms with van der Waals surface area (Å²) in [6.45, 7) is 1.29. The number of rotatable bonds is 11. The number of aromatic nitrogens is 1. The number of para-hydroxylation sites is 1. The molecule has 0 radical (unpaired) electrons. The Bertz CT molecular complexity index is 1440. The number of carbonyl (C=O) groups excluding carboxylic acids is 1. The second-order valence-electron chi connectivity index (χ2n) is 8.50. The number of pyridine rings is 1. The summed E-state index contributed by atoms with van der Waals surface area (Å²) in [5.41, 5.74) is 2.80. The van der Waals surface area contributed by atoms with E-state index >= 15 is 0 Å². The van der Waals surface area contributed by atoms with Gasteiger partial charge in [-0.3, -0.25) is 4.79 Å². The van der Waals surface area contributed by atoms with Crippen LogP contribution in [0.1, 0.15) is 15.9 Å². The molecule has 37 heavy (non-hydrogen) atoms. The number of hydrogen-bond donors (Lipinski definition) is 2. The Morgan fingerprint density at radius 2 is 1.59 bits per heavy atom. The maximum atomic E-state index is 13.2. The molecule has 4 aromatic rings. The van der Waals surface area contributed by atoms with Crippen molar-refractivity contribution in [1.82, 2.24) is 10.3 Å². The van der Waals surface area contributed by atoms with Gasteiger partial charge in [-0.2, -0.15) is 0 Å². The van der Waals surface area contributed by atoms with Crippen LogP contribution in [0.25, 0.3) is 11.1 Å². The predicted molar refractivity (Wildman–Crippen MR) is 146 cm³/mol. The Labute approximate surface area is 217 Å². The zero-order valence-corrected chi connectivity index (χ0v) is 21.4. The molecule has 0 atom stereocenters. The minimum absolute atomic E-state index is 0.208. The number of hydrogen-bond acceptors (Lipinski definition) is 6. The topological polar surface area (TPSA) is 97.4 Å². The van der Waals surface area contributed by atoms with Crippen LogP contribution in [0.5, 0.6) is 5.75 Å². The van der Waals surface area contributed by atoms with E-state index in [1.54, 1.807) is 36.5 Å². The zero-order valence-electron chi connectivity index (χ0n) is 20.6. The molecule has 0 spiro atoms. The van der Waals surface area contributed by atoms with E-state index in [1.807, 2.05) is 60.7 Å². The van der Waals surface area contributed by atoms with Gasteiger partial charge in [-0.15, -0.1) is 0 Å². The third-order valence-corrected chi connectivity index (χ3v) is 6.79. The molecule has 0 aliphatic heterocycles. The number of ether oxygens (including phenoxy) is 1. The first-order valence-electron chi connectivity index (χ1n) is 11.9. The average molecular weight is 516 g/mol. The van der Waals surface area contributed by atoms with Crippen LogP contribution in [-0.4, -0.2) is 45.3 Å². The molecule has 0 aliphatic carbocycles. The van der Waals surface area contributed by atoms with E-state index in [1.165, 1.54) is 6.26 Å². The minimum atomic E-state index is -3.37. The lowest BCUT2D eigenvalue weighted by Gasteiger charge is -2.14. The summed E-state index contributed by atoms with van der Waals surface area (Å²) in [4.78, 5) is 17.9. The number of benzene rings is 3. The van der Waals surface area contributed by atoms with Crippen molar-refractivity contribution in [3.05, 3.63) is 108 Å². The first-order chi connectivity index (χ1) is 17.9. The number of sulfone groups is 1. The molecule has 2 N–H and O–H groups in total. The summed E-state index contributed by atoms with van der Waals surface area (Å²) < 4.78 is 29.8. The van der Waals surface area contributed by atoms with Crippen molar-refractivity contribution in [2.75, 3.05) is 31.3 Å². The summed E-state index contributed by atoms with van der Waals surface area (Å²) in [7, 11) is -3.37. The Morgan fingerprint density at radius 3 is 2.32 bits per heavy atom. The Morgan fingerprint density at radius 1 is 0.865 bits per heavy atom. The maximum absolute atomic E-state index is 13.2. The standard InChI is InChI=1S/C29H29N3O4S/c1-37(34,35)26-14-8-11-23(19-26)24-20-27(29(33)31-16-15-22-9-4-2-5-10-22)28(32-21-24)30-17-18-36-25-12-6-3-7-13-25/h2-14,19-21H,15-18H2,1H3,(H,30,32)(H,31,33). The average Bonchev–Trinajstić information content (AvgIpc) is 2.92. The van der Waals surface area contributed by atoms with Crippen LogP contribution < -0.4 is 15.4 Å². The predicted octanol–water partition coefficient (Wildman–Crippen LogP) is 4.62. The van der Waals surface area contributed by atoms with Crippen LogP contribution in [0.3, 0.4) is 0 Å². The molecule has 7 nitrogen and oxygen atoms in total. The maximum Gasteiger partial charge on any atom is 0.255 e. The highest BCUT2D eigenvalue weighted by molar-refractivity contribution is 7.90. The first kappa shape index (κ1) is 25.9. The van der Waals surface area contributed by atoms with Crippen LogP contribution in [0.2, 0.25) is 0 Å². The van der Waals surface area contributed by atoms with Crippen molar-refractivity contribution in [3.63, 3.8) is 0 Å². The van der Waals surface area contributed by atoms with Crippen molar-refractivity contribution >= 4 is 21.6 Å². The van der Waals surface area contributed by atoms with E-state index in [-0.39, 0.29) is 10.8 Å². The third-order valence-electron chi connectivity index (χ3n) is 5.68. The molecule has 0 fully saturated rings. The largest absolute Gasteiger partial charge is 0.492 e. The smallest absolute Gasteiger partial charge is 0.255 e. The van der Waals surface area contributed by atoms with Gasteiger partial charge in [-0.05, 0) is 47.9 Å². The van der Waals surface area contributed by atoms with Gasteiger partial charge >= 0.3 is 0 Å². The summed E-state index contributed by atoms with van der Waals surface area (Å²) in [5, 5.41) is 6.17. The number of anilines is 1. The summed E-state index contributed by atoms with van der Waals surface area (Å²) in [5.74, 6) is 0.921. The minimum Gasteiger partial charge on any atom is -0.492 e. The molecule has 1 heterocycles. The highest BCUT2D eigenvalue weighted by Crippen LogP contribution is 2.25. The van der Waals surface area contributed by atoms with E-state index in [4.69, 9.17) is 4.74 Å².